The van der Waals surface area contributed by atoms with Crippen molar-refractivity contribution in [3.8, 4) is 0 Å². The van der Waals surface area contributed by atoms with E-state index < -0.39 is 0 Å². The fourth-order valence-electron chi connectivity index (χ4n) is 1.51. The lowest BCUT2D eigenvalue weighted by Gasteiger charge is -2.22. The van der Waals surface area contributed by atoms with Crippen molar-refractivity contribution >= 4 is 9.52 Å². The Morgan fingerprint density at radius 2 is 2.00 bits per heavy atom. The largest absolute Gasteiger partial charge is 0.382 e. The molecule has 0 amide bonds. The van der Waals surface area contributed by atoms with E-state index in [-0.39, 0.29) is 9.52 Å². The Balaban J connectivity index is 2.34. The molecule has 1 saturated heterocycles. The first-order valence-electron chi connectivity index (χ1n) is 4.94. The maximum absolute atomic E-state index is 5.73. The molecule has 0 aromatic carbocycles. The molecule has 1 nitrogen and oxygen atoms in total. The summed E-state index contributed by atoms with van der Waals surface area (Å²) in [5.74, 6) is 0. The normalized spacial score (nSPS) is 24.8. The third-order valence-electron chi connectivity index (χ3n) is 2.66. The predicted molar refractivity (Wildman–Crippen MR) is 56.2 cm³/mol. The number of hydrogen-bond donors (Lipinski definition) is 0. The summed E-state index contributed by atoms with van der Waals surface area (Å²) in [7, 11) is -0.100. The van der Waals surface area contributed by atoms with E-state index >= 15 is 0 Å². The van der Waals surface area contributed by atoms with Gasteiger partial charge in [0, 0.05) is 12.3 Å². The molecule has 0 radical (unpaired) electrons. The molecule has 0 saturated carbocycles. The smallest absolute Gasteiger partial charge is 0.0832 e. The molecule has 1 aliphatic rings. The van der Waals surface area contributed by atoms with Gasteiger partial charge in [-0.3, -0.25) is 0 Å². The van der Waals surface area contributed by atoms with Gasteiger partial charge in [0.1, 0.15) is 0 Å². The van der Waals surface area contributed by atoms with Gasteiger partial charge in [-0.25, -0.2) is 0 Å². The minimum Gasteiger partial charge on any atom is -0.382 e. The zero-order chi connectivity index (χ0) is 8.97. The van der Waals surface area contributed by atoms with Crippen molar-refractivity contribution in [3.63, 3.8) is 0 Å². The van der Waals surface area contributed by atoms with Crippen LogP contribution in [0.5, 0.6) is 0 Å². The van der Waals surface area contributed by atoms with E-state index in [0.29, 0.717) is 5.73 Å². The molecule has 1 atom stereocenters. The summed E-state index contributed by atoms with van der Waals surface area (Å²) in [6.45, 7) is 7.71. The highest BCUT2D eigenvalue weighted by Crippen LogP contribution is 2.14. The topological polar surface area (TPSA) is 9.23 Å². The second kappa shape index (κ2) is 4.82. The molecular formula is C10H20OSi. The Bertz CT molecular complexity index is 165. The summed E-state index contributed by atoms with van der Waals surface area (Å²) in [4.78, 5) is 0. The SMILES string of the molecule is CC(C)=C(C)[SiH2]C1CCCCO1. The van der Waals surface area contributed by atoms with Crippen molar-refractivity contribution < 1.29 is 4.74 Å². The van der Waals surface area contributed by atoms with E-state index in [1.54, 1.807) is 5.20 Å². The van der Waals surface area contributed by atoms with E-state index in [0.717, 1.165) is 6.61 Å². The molecule has 0 aromatic heterocycles. The summed E-state index contributed by atoms with van der Waals surface area (Å²) >= 11 is 0. The van der Waals surface area contributed by atoms with Crippen LogP contribution in [-0.2, 0) is 4.74 Å². The standard InChI is InChI=1S/C10H20OSi/c1-8(2)9(3)12-10-6-4-5-7-11-10/h10H,4-7,12H2,1-3H3. The summed E-state index contributed by atoms with van der Waals surface area (Å²) < 4.78 is 5.73. The zero-order valence-electron chi connectivity index (χ0n) is 8.52. The molecule has 1 rings (SSSR count). The highest BCUT2D eigenvalue weighted by atomic mass is 28.2. The van der Waals surface area contributed by atoms with Crippen LogP contribution < -0.4 is 0 Å². The molecule has 0 spiro atoms. The maximum Gasteiger partial charge on any atom is 0.0832 e. The molecule has 1 heterocycles. The first kappa shape index (κ1) is 10.0. The van der Waals surface area contributed by atoms with E-state index in [9.17, 15) is 0 Å². The van der Waals surface area contributed by atoms with E-state index in [4.69, 9.17) is 4.74 Å². The lowest BCUT2D eigenvalue weighted by molar-refractivity contribution is 0.0656. The van der Waals surface area contributed by atoms with Crippen LogP contribution >= 0.6 is 0 Å². The molecule has 0 aromatic rings. The van der Waals surface area contributed by atoms with Gasteiger partial charge in [-0.1, -0.05) is 10.8 Å². The summed E-state index contributed by atoms with van der Waals surface area (Å²) in [5.41, 5.74) is 2.16. The number of hydrogen-bond acceptors (Lipinski definition) is 1. The van der Waals surface area contributed by atoms with Crippen LogP contribution in [0.1, 0.15) is 40.0 Å². The van der Waals surface area contributed by atoms with E-state index in [1.165, 1.54) is 24.8 Å². The summed E-state index contributed by atoms with van der Waals surface area (Å²) in [6, 6.07) is 0. The molecular weight excluding hydrogens is 164 g/mol. The zero-order valence-corrected chi connectivity index (χ0v) is 9.94. The van der Waals surface area contributed by atoms with Crippen LogP contribution in [0.15, 0.2) is 10.8 Å². The van der Waals surface area contributed by atoms with Crippen LogP contribution in [0.3, 0.4) is 0 Å². The average Bonchev–Trinajstić information content (AvgIpc) is 2.06. The van der Waals surface area contributed by atoms with E-state index in [2.05, 4.69) is 20.8 Å². The summed E-state index contributed by atoms with van der Waals surface area (Å²) in [6.07, 6.45) is 3.98. The monoisotopic (exact) mass is 184 g/mol. The molecule has 0 bridgehead atoms. The second-order valence-corrected chi connectivity index (χ2v) is 6.35. The predicted octanol–water partition coefficient (Wildman–Crippen LogP) is 2.00. The van der Waals surface area contributed by atoms with Crippen molar-refractivity contribution in [1.29, 1.82) is 0 Å². The Morgan fingerprint density at radius 1 is 1.25 bits per heavy atom. The van der Waals surface area contributed by atoms with E-state index in [1.807, 2.05) is 0 Å². The Morgan fingerprint density at radius 3 is 2.50 bits per heavy atom. The molecule has 1 fully saturated rings. The van der Waals surface area contributed by atoms with Gasteiger partial charge in [0.25, 0.3) is 0 Å². The maximum atomic E-state index is 5.73. The van der Waals surface area contributed by atoms with Crippen molar-refractivity contribution in [3.05, 3.63) is 10.8 Å². The number of ether oxygens (including phenoxy) is 1. The Hall–Kier alpha value is -0.0831. The molecule has 0 aliphatic carbocycles. The molecule has 2 heteroatoms. The van der Waals surface area contributed by atoms with Gasteiger partial charge in [0.2, 0.25) is 0 Å². The lowest BCUT2D eigenvalue weighted by Crippen LogP contribution is -2.26. The minimum absolute atomic E-state index is 0.100. The number of allylic oxidation sites excluding steroid dienone is 2. The first-order chi connectivity index (χ1) is 5.70. The highest BCUT2D eigenvalue weighted by molar-refractivity contribution is 6.46. The molecule has 70 valence electrons. The third-order valence-corrected chi connectivity index (χ3v) is 5.08. The average molecular weight is 184 g/mol. The number of rotatable bonds is 2. The van der Waals surface area contributed by atoms with Gasteiger partial charge in [-0.05, 0) is 40.0 Å². The van der Waals surface area contributed by atoms with Crippen molar-refractivity contribution in [1.82, 2.24) is 0 Å². The quantitative estimate of drug-likeness (QED) is 0.596. The molecule has 12 heavy (non-hydrogen) atoms. The highest BCUT2D eigenvalue weighted by Gasteiger charge is 2.14. The summed E-state index contributed by atoms with van der Waals surface area (Å²) in [5, 5.41) is 1.64. The van der Waals surface area contributed by atoms with Gasteiger partial charge < -0.3 is 4.74 Å². The van der Waals surface area contributed by atoms with Crippen LogP contribution in [-0.4, -0.2) is 21.9 Å². The van der Waals surface area contributed by atoms with Gasteiger partial charge in [-0.2, -0.15) is 0 Å². The fourth-order valence-corrected chi connectivity index (χ4v) is 3.38. The first-order valence-corrected chi connectivity index (χ1v) is 6.47. The molecule has 1 unspecified atom stereocenters. The van der Waals surface area contributed by atoms with Gasteiger partial charge in [0.05, 0.1) is 9.52 Å². The third kappa shape index (κ3) is 3.11. The lowest BCUT2D eigenvalue weighted by atomic mass is 10.2. The van der Waals surface area contributed by atoms with Crippen LogP contribution in [0.25, 0.3) is 0 Å². The van der Waals surface area contributed by atoms with Gasteiger partial charge >= 0.3 is 0 Å². The molecule has 1 aliphatic heterocycles. The van der Waals surface area contributed by atoms with Crippen LogP contribution in [0.2, 0.25) is 0 Å². The Kier molecular flexibility index (Phi) is 4.02. The van der Waals surface area contributed by atoms with Crippen molar-refractivity contribution in [2.75, 3.05) is 6.61 Å². The fraction of sp³-hybridized carbons (Fsp3) is 0.800. The van der Waals surface area contributed by atoms with Crippen LogP contribution in [0.4, 0.5) is 0 Å². The second-order valence-electron chi connectivity index (χ2n) is 3.97. The van der Waals surface area contributed by atoms with Gasteiger partial charge in [-0.15, -0.1) is 0 Å². The van der Waals surface area contributed by atoms with Crippen molar-refractivity contribution in [2.24, 2.45) is 0 Å². The molecule has 0 N–H and O–H groups in total. The van der Waals surface area contributed by atoms with Crippen molar-refractivity contribution in [2.45, 2.75) is 45.8 Å². The van der Waals surface area contributed by atoms with Crippen LogP contribution in [0, 0.1) is 0 Å². The Labute approximate surface area is 78.0 Å². The minimum atomic E-state index is -0.100. The van der Waals surface area contributed by atoms with Gasteiger partial charge in [0.15, 0.2) is 0 Å².